The predicted molar refractivity (Wildman–Crippen MR) is 80.3 cm³/mol. The Kier molecular flexibility index (Phi) is 7.88. The highest BCUT2D eigenvalue weighted by Crippen LogP contribution is 2.33. The van der Waals surface area contributed by atoms with Gasteiger partial charge in [-0.2, -0.15) is 0 Å². The molecular formula is C14H19Cl3O. The molecule has 0 aliphatic carbocycles. The quantitative estimate of drug-likeness (QED) is 0.399. The molecule has 18 heavy (non-hydrogen) atoms. The molecule has 0 heterocycles. The van der Waals surface area contributed by atoms with Crippen LogP contribution in [-0.2, 0) is 0 Å². The SMILES string of the molecule is CCCCCCCCOc1cc(Cl)c(Cl)cc1Cl. The van der Waals surface area contributed by atoms with Gasteiger partial charge in [0.15, 0.2) is 0 Å². The Morgan fingerprint density at radius 1 is 0.833 bits per heavy atom. The van der Waals surface area contributed by atoms with Gasteiger partial charge in [0.25, 0.3) is 0 Å². The van der Waals surface area contributed by atoms with E-state index in [2.05, 4.69) is 6.92 Å². The molecule has 0 saturated heterocycles. The van der Waals surface area contributed by atoms with Gasteiger partial charge in [-0.3, -0.25) is 0 Å². The summed E-state index contributed by atoms with van der Waals surface area (Å²) in [6, 6.07) is 3.28. The number of ether oxygens (including phenoxy) is 1. The number of benzene rings is 1. The number of unbranched alkanes of at least 4 members (excludes halogenated alkanes) is 5. The maximum absolute atomic E-state index is 6.01. The molecule has 0 aromatic heterocycles. The fraction of sp³-hybridized carbons (Fsp3) is 0.571. The van der Waals surface area contributed by atoms with Crippen molar-refractivity contribution < 1.29 is 4.74 Å². The molecule has 0 atom stereocenters. The van der Waals surface area contributed by atoms with Crippen molar-refractivity contribution in [3.8, 4) is 5.75 Å². The fourth-order valence-electron chi connectivity index (χ4n) is 1.68. The summed E-state index contributed by atoms with van der Waals surface area (Å²) in [4.78, 5) is 0. The van der Waals surface area contributed by atoms with Crippen LogP contribution in [0.4, 0.5) is 0 Å². The van der Waals surface area contributed by atoms with E-state index in [1.54, 1.807) is 12.1 Å². The molecule has 1 aromatic carbocycles. The van der Waals surface area contributed by atoms with Gasteiger partial charge in [0.2, 0.25) is 0 Å². The molecule has 102 valence electrons. The average Bonchev–Trinajstić information content (AvgIpc) is 2.34. The lowest BCUT2D eigenvalue weighted by Crippen LogP contribution is -1.98. The summed E-state index contributed by atoms with van der Waals surface area (Å²) in [6.07, 6.45) is 7.41. The Morgan fingerprint density at radius 3 is 2.17 bits per heavy atom. The summed E-state index contributed by atoms with van der Waals surface area (Å²) in [5, 5.41) is 1.43. The summed E-state index contributed by atoms with van der Waals surface area (Å²) in [6.45, 7) is 2.89. The molecule has 0 aliphatic rings. The zero-order chi connectivity index (χ0) is 13.4. The van der Waals surface area contributed by atoms with Crippen LogP contribution in [0.3, 0.4) is 0 Å². The van der Waals surface area contributed by atoms with Crippen molar-refractivity contribution >= 4 is 34.8 Å². The third-order valence-electron chi connectivity index (χ3n) is 2.73. The molecule has 0 spiro atoms. The molecule has 1 nitrogen and oxygen atoms in total. The van der Waals surface area contributed by atoms with Crippen LogP contribution in [-0.4, -0.2) is 6.61 Å². The van der Waals surface area contributed by atoms with Gasteiger partial charge in [-0.15, -0.1) is 0 Å². The Morgan fingerprint density at radius 2 is 1.44 bits per heavy atom. The highest BCUT2D eigenvalue weighted by atomic mass is 35.5. The van der Waals surface area contributed by atoms with Gasteiger partial charge in [0.05, 0.1) is 21.7 Å². The predicted octanol–water partition coefficient (Wildman–Crippen LogP) is 6.39. The second kappa shape index (κ2) is 8.90. The zero-order valence-electron chi connectivity index (χ0n) is 10.6. The highest BCUT2D eigenvalue weighted by Gasteiger charge is 2.06. The van der Waals surface area contributed by atoms with Gasteiger partial charge in [0, 0.05) is 6.07 Å². The number of hydrogen-bond donors (Lipinski definition) is 0. The zero-order valence-corrected chi connectivity index (χ0v) is 12.9. The molecule has 1 aromatic rings. The minimum Gasteiger partial charge on any atom is -0.492 e. The van der Waals surface area contributed by atoms with Gasteiger partial charge in [-0.1, -0.05) is 73.8 Å². The topological polar surface area (TPSA) is 9.23 Å². The molecule has 0 aliphatic heterocycles. The van der Waals surface area contributed by atoms with Crippen LogP contribution in [0.2, 0.25) is 15.1 Å². The lowest BCUT2D eigenvalue weighted by atomic mass is 10.1. The van der Waals surface area contributed by atoms with Gasteiger partial charge in [0.1, 0.15) is 5.75 Å². The summed E-state index contributed by atoms with van der Waals surface area (Å²) in [7, 11) is 0. The molecule has 0 bridgehead atoms. The average molecular weight is 310 g/mol. The molecule has 0 N–H and O–H groups in total. The van der Waals surface area contributed by atoms with E-state index < -0.39 is 0 Å². The van der Waals surface area contributed by atoms with E-state index in [4.69, 9.17) is 39.5 Å². The third kappa shape index (κ3) is 5.69. The molecule has 1 rings (SSSR count). The van der Waals surface area contributed by atoms with E-state index in [0.29, 0.717) is 27.4 Å². The van der Waals surface area contributed by atoms with Crippen LogP contribution >= 0.6 is 34.8 Å². The van der Waals surface area contributed by atoms with Crippen molar-refractivity contribution in [2.24, 2.45) is 0 Å². The summed E-state index contributed by atoms with van der Waals surface area (Å²) in [5.74, 6) is 0.611. The Balaban J connectivity index is 2.25. The maximum Gasteiger partial charge on any atom is 0.139 e. The number of rotatable bonds is 8. The molecule has 4 heteroatoms. The fourth-order valence-corrected chi connectivity index (χ4v) is 2.27. The van der Waals surface area contributed by atoms with E-state index in [1.165, 1.54) is 32.1 Å². The van der Waals surface area contributed by atoms with Crippen LogP contribution < -0.4 is 4.74 Å². The smallest absolute Gasteiger partial charge is 0.139 e. The maximum atomic E-state index is 6.01. The van der Waals surface area contributed by atoms with Crippen LogP contribution in [0.1, 0.15) is 45.4 Å². The van der Waals surface area contributed by atoms with Gasteiger partial charge in [-0.25, -0.2) is 0 Å². The lowest BCUT2D eigenvalue weighted by molar-refractivity contribution is 0.304. The van der Waals surface area contributed by atoms with E-state index in [0.717, 1.165) is 6.42 Å². The number of hydrogen-bond acceptors (Lipinski definition) is 1. The highest BCUT2D eigenvalue weighted by molar-refractivity contribution is 6.43. The Bertz CT molecular complexity index is 366. The van der Waals surface area contributed by atoms with Crippen molar-refractivity contribution in [3.63, 3.8) is 0 Å². The first kappa shape index (κ1) is 15.9. The first-order valence-corrected chi connectivity index (χ1v) is 7.56. The minimum absolute atomic E-state index is 0.452. The molecule has 0 amide bonds. The van der Waals surface area contributed by atoms with Crippen LogP contribution in [0.5, 0.6) is 5.75 Å². The van der Waals surface area contributed by atoms with E-state index >= 15 is 0 Å². The van der Waals surface area contributed by atoms with Crippen molar-refractivity contribution in [1.82, 2.24) is 0 Å². The van der Waals surface area contributed by atoms with Crippen molar-refractivity contribution in [1.29, 1.82) is 0 Å². The second-order valence-corrected chi connectivity index (χ2v) is 5.53. The monoisotopic (exact) mass is 308 g/mol. The van der Waals surface area contributed by atoms with Crippen molar-refractivity contribution in [2.45, 2.75) is 45.4 Å². The van der Waals surface area contributed by atoms with Gasteiger partial charge >= 0.3 is 0 Å². The van der Waals surface area contributed by atoms with Crippen LogP contribution in [0.15, 0.2) is 12.1 Å². The molecular weight excluding hydrogens is 291 g/mol. The van der Waals surface area contributed by atoms with E-state index in [-0.39, 0.29) is 0 Å². The largest absolute Gasteiger partial charge is 0.492 e. The Hall–Kier alpha value is -0.110. The lowest BCUT2D eigenvalue weighted by Gasteiger charge is -2.09. The van der Waals surface area contributed by atoms with Crippen LogP contribution in [0, 0.1) is 0 Å². The molecule has 0 fully saturated rings. The molecule has 0 radical (unpaired) electrons. The van der Waals surface area contributed by atoms with Crippen LogP contribution in [0.25, 0.3) is 0 Å². The summed E-state index contributed by atoms with van der Waals surface area (Å²) >= 11 is 17.8. The first-order chi connectivity index (χ1) is 8.65. The minimum atomic E-state index is 0.452. The van der Waals surface area contributed by atoms with E-state index in [1.807, 2.05) is 0 Å². The van der Waals surface area contributed by atoms with Gasteiger partial charge in [-0.05, 0) is 12.5 Å². The second-order valence-electron chi connectivity index (χ2n) is 4.31. The molecule has 0 unspecified atom stereocenters. The number of halogens is 3. The summed E-state index contributed by atoms with van der Waals surface area (Å²) < 4.78 is 5.60. The normalized spacial score (nSPS) is 10.7. The summed E-state index contributed by atoms with van der Waals surface area (Å²) in [5.41, 5.74) is 0. The molecule has 0 saturated carbocycles. The van der Waals surface area contributed by atoms with Crippen molar-refractivity contribution in [3.05, 3.63) is 27.2 Å². The van der Waals surface area contributed by atoms with E-state index in [9.17, 15) is 0 Å². The Labute approximate surface area is 124 Å². The standard InChI is InChI=1S/C14H19Cl3O/c1-2-3-4-5-6-7-8-18-14-10-12(16)11(15)9-13(14)17/h9-10H,2-8H2,1H3. The van der Waals surface area contributed by atoms with Gasteiger partial charge < -0.3 is 4.74 Å². The van der Waals surface area contributed by atoms with Crippen molar-refractivity contribution in [2.75, 3.05) is 6.61 Å². The third-order valence-corrected chi connectivity index (χ3v) is 3.75. The first-order valence-electron chi connectivity index (χ1n) is 6.42.